The van der Waals surface area contributed by atoms with Crippen LogP contribution in [-0.4, -0.2) is 41.9 Å². The lowest BCUT2D eigenvalue weighted by atomic mass is 10.0. The molecule has 186 valence electrons. The lowest BCUT2D eigenvalue weighted by molar-refractivity contribution is -0.125. The third-order valence-electron chi connectivity index (χ3n) is 5.82. The highest BCUT2D eigenvalue weighted by atomic mass is 19.1. The number of hydrogen-bond acceptors (Lipinski definition) is 4. The maximum Gasteiger partial charge on any atom is 0.319 e. The second-order valence-corrected chi connectivity index (χ2v) is 8.43. The van der Waals surface area contributed by atoms with Crippen molar-refractivity contribution in [3.8, 4) is 11.1 Å². The molecule has 1 aliphatic heterocycles. The van der Waals surface area contributed by atoms with Gasteiger partial charge in [0.25, 0.3) is 0 Å². The van der Waals surface area contributed by atoms with E-state index in [0.717, 1.165) is 16.7 Å². The third-order valence-corrected chi connectivity index (χ3v) is 5.82. The topological polar surface area (TPSA) is 99.7 Å². The van der Waals surface area contributed by atoms with Gasteiger partial charge in [0.1, 0.15) is 11.9 Å². The van der Waals surface area contributed by atoms with Crippen LogP contribution in [0.4, 0.5) is 14.9 Å². The zero-order chi connectivity index (χ0) is 25.3. The summed E-state index contributed by atoms with van der Waals surface area (Å²) in [6, 6.07) is 22.6. The Labute approximate surface area is 209 Å². The minimum absolute atomic E-state index is 0.0421. The number of urea groups is 1. The van der Waals surface area contributed by atoms with Crippen molar-refractivity contribution in [1.29, 1.82) is 0 Å². The van der Waals surface area contributed by atoms with Gasteiger partial charge in [-0.1, -0.05) is 78.9 Å². The lowest BCUT2D eigenvalue weighted by Crippen LogP contribution is -2.50. The second-order valence-electron chi connectivity index (χ2n) is 8.43. The number of ether oxygens (including phenoxy) is 1. The maximum atomic E-state index is 13.7. The van der Waals surface area contributed by atoms with Gasteiger partial charge in [-0.25, -0.2) is 9.18 Å². The summed E-state index contributed by atoms with van der Waals surface area (Å²) in [5.41, 5.74) is 3.25. The molecule has 3 atom stereocenters. The molecule has 1 heterocycles. The van der Waals surface area contributed by atoms with Gasteiger partial charge in [-0.15, -0.1) is 0 Å². The minimum atomic E-state index is -0.746. The Morgan fingerprint density at radius 1 is 0.889 bits per heavy atom. The van der Waals surface area contributed by atoms with Crippen molar-refractivity contribution in [2.75, 3.05) is 11.9 Å². The number of hydrogen-bond donors (Lipinski definition) is 4. The SMILES string of the molecule is O=C(C[C@@H]1C=C[C@H](NC(=O)Nc2ccccc2F)[C@H](CO)O1)NCc1ccc(-c2ccccc2)cc1. The third kappa shape index (κ3) is 6.78. The van der Waals surface area contributed by atoms with E-state index in [1.54, 1.807) is 18.2 Å². The van der Waals surface area contributed by atoms with E-state index in [0.29, 0.717) is 6.54 Å². The fraction of sp³-hybridized carbons (Fsp3) is 0.214. The monoisotopic (exact) mass is 489 g/mol. The summed E-state index contributed by atoms with van der Waals surface area (Å²) in [5, 5.41) is 17.7. The van der Waals surface area contributed by atoms with E-state index in [1.165, 1.54) is 18.2 Å². The molecule has 7 nitrogen and oxygen atoms in total. The van der Waals surface area contributed by atoms with Gasteiger partial charge in [-0.3, -0.25) is 4.79 Å². The molecule has 36 heavy (non-hydrogen) atoms. The van der Waals surface area contributed by atoms with Crippen molar-refractivity contribution in [3.05, 3.63) is 102 Å². The van der Waals surface area contributed by atoms with E-state index in [2.05, 4.69) is 16.0 Å². The van der Waals surface area contributed by atoms with E-state index >= 15 is 0 Å². The number of halogens is 1. The lowest BCUT2D eigenvalue weighted by Gasteiger charge is -2.31. The molecule has 1 aliphatic rings. The number of amides is 3. The summed E-state index contributed by atoms with van der Waals surface area (Å²) < 4.78 is 19.5. The van der Waals surface area contributed by atoms with E-state index in [9.17, 15) is 19.1 Å². The Kier molecular flexibility index (Phi) is 8.44. The van der Waals surface area contributed by atoms with Gasteiger partial charge >= 0.3 is 6.03 Å². The fourth-order valence-corrected chi connectivity index (χ4v) is 3.91. The van der Waals surface area contributed by atoms with Crippen LogP contribution in [0.15, 0.2) is 91.0 Å². The Morgan fingerprint density at radius 2 is 1.58 bits per heavy atom. The van der Waals surface area contributed by atoms with E-state index in [-0.39, 0.29) is 24.6 Å². The summed E-state index contributed by atoms with van der Waals surface area (Å²) >= 11 is 0. The summed E-state index contributed by atoms with van der Waals surface area (Å²) in [5.74, 6) is -0.753. The van der Waals surface area contributed by atoms with Crippen molar-refractivity contribution in [1.82, 2.24) is 10.6 Å². The number of rotatable bonds is 8. The van der Waals surface area contributed by atoms with Crippen LogP contribution >= 0.6 is 0 Å². The number of para-hydroxylation sites is 1. The summed E-state index contributed by atoms with van der Waals surface area (Å²) in [7, 11) is 0. The molecule has 0 aromatic heterocycles. The summed E-state index contributed by atoms with van der Waals surface area (Å²) in [6.45, 7) is 0.0228. The minimum Gasteiger partial charge on any atom is -0.394 e. The molecule has 0 spiro atoms. The molecule has 8 heteroatoms. The molecule has 0 fully saturated rings. The zero-order valence-electron chi connectivity index (χ0n) is 19.6. The maximum absolute atomic E-state index is 13.7. The van der Waals surface area contributed by atoms with E-state index < -0.39 is 30.1 Å². The van der Waals surface area contributed by atoms with Gasteiger partial charge in [0.15, 0.2) is 0 Å². The largest absolute Gasteiger partial charge is 0.394 e. The van der Waals surface area contributed by atoms with Crippen LogP contribution in [-0.2, 0) is 16.1 Å². The van der Waals surface area contributed by atoms with Gasteiger partial charge in [-0.2, -0.15) is 0 Å². The molecule has 0 bridgehead atoms. The average molecular weight is 490 g/mol. The number of carbonyl (C=O) groups is 2. The van der Waals surface area contributed by atoms with Gasteiger partial charge in [0, 0.05) is 6.54 Å². The summed E-state index contributed by atoms with van der Waals surface area (Å²) in [6.07, 6.45) is 2.13. The fourth-order valence-electron chi connectivity index (χ4n) is 3.91. The Morgan fingerprint density at radius 3 is 2.31 bits per heavy atom. The molecule has 0 saturated heterocycles. The predicted molar refractivity (Wildman–Crippen MR) is 136 cm³/mol. The predicted octanol–water partition coefficient (Wildman–Crippen LogP) is 4.01. The molecule has 3 amide bonds. The highest BCUT2D eigenvalue weighted by Gasteiger charge is 2.29. The number of benzene rings is 3. The zero-order valence-corrected chi connectivity index (χ0v) is 19.6. The molecule has 4 N–H and O–H groups in total. The molecular formula is C28H28FN3O4. The Balaban J connectivity index is 1.25. The molecular weight excluding hydrogens is 461 g/mol. The first-order valence-corrected chi connectivity index (χ1v) is 11.7. The van der Waals surface area contributed by atoms with Crippen molar-refractivity contribution in [2.45, 2.75) is 31.2 Å². The van der Waals surface area contributed by atoms with Crippen LogP contribution in [0, 0.1) is 5.82 Å². The average Bonchev–Trinajstić information content (AvgIpc) is 2.90. The Bertz CT molecular complexity index is 1200. The number of nitrogens with one attached hydrogen (secondary N) is 3. The van der Waals surface area contributed by atoms with Crippen molar-refractivity contribution in [3.63, 3.8) is 0 Å². The number of aliphatic hydroxyl groups excluding tert-OH is 1. The summed E-state index contributed by atoms with van der Waals surface area (Å²) in [4.78, 5) is 24.7. The molecule has 4 rings (SSSR count). The van der Waals surface area contributed by atoms with Gasteiger partial charge in [-0.05, 0) is 28.8 Å². The molecule has 0 radical (unpaired) electrons. The first-order chi connectivity index (χ1) is 17.5. The van der Waals surface area contributed by atoms with Crippen molar-refractivity contribution in [2.24, 2.45) is 0 Å². The van der Waals surface area contributed by atoms with Gasteiger partial charge < -0.3 is 25.8 Å². The van der Waals surface area contributed by atoms with E-state index in [1.807, 2.05) is 54.6 Å². The standard InChI is InChI=1S/C28H28FN3O4/c29-23-8-4-5-9-24(23)31-28(35)32-25-15-14-22(36-26(25)18-33)16-27(34)30-17-19-10-12-21(13-11-19)20-6-2-1-3-7-20/h1-15,22,25-26,33H,16-18H2,(H,30,34)(H2,31,32,35)/t22-,25-,26-/m0/s1. The van der Waals surface area contributed by atoms with Crippen LogP contribution in [0.3, 0.4) is 0 Å². The molecule has 0 aliphatic carbocycles. The molecule has 3 aromatic carbocycles. The molecule has 0 saturated carbocycles. The van der Waals surface area contributed by atoms with Crippen LogP contribution in [0.1, 0.15) is 12.0 Å². The van der Waals surface area contributed by atoms with Gasteiger partial charge in [0.2, 0.25) is 5.91 Å². The first-order valence-electron chi connectivity index (χ1n) is 11.7. The number of aliphatic hydroxyl groups is 1. The van der Waals surface area contributed by atoms with E-state index in [4.69, 9.17) is 4.74 Å². The number of carbonyl (C=O) groups excluding carboxylic acids is 2. The first kappa shape index (κ1) is 25.1. The highest BCUT2D eigenvalue weighted by Crippen LogP contribution is 2.20. The van der Waals surface area contributed by atoms with Gasteiger partial charge in [0.05, 0.1) is 30.9 Å². The molecule has 0 unspecified atom stereocenters. The van der Waals surface area contributed by atoms with Crippen molar-refractivity contribution >= 4 is 17.6 Å². The van der Waals surface area contributed by atoms with Crippen molar-refractivity contribution < 1.29 is 23.8 Å². The van der Waals surface area contributed by atoms with Crippen LogP contribution in [0.25, 0.3) is 11.1 Å². The van der Waals surface area contributed by atoms with Crippen LogP contribution < -0.4 is 16.0 Å². The normalized spacial score (nSPS) is 18.9. The number of anilines is 1. The van der Waals surface area contributed by atoms with Crippen LogP contribution in [0.5, 0.6) is 0 Å². The highest BCUT2D eigenvalue weighted by molar-refractivity contribution is 5.89. The Hall–Kier alpha value is -4.01. The van der Waals surface area contributed by atoms with Crippen LogP contribution in [0.2, 0.25) is 0 Å². The quantitative estimate of drug-likeness (QED) is 0.360. The molecule has 3 aromatic rings. The smallest absolute Gasteiger partial charge is 0.319 e. The second kappa shape index (κ2) is 12.1.